The molecule has 0 N–H and O–H groups in total. The molecule has 1 aliphatic carbocycles. The van der Waals surface area contributed by atoms with Crippen molar-refractivity contribution in [2.75, 3.05) is 32.8 Å². The van der Waals surface area contributed by atoms with Crippen molar-refractivity contribution in [3.8, 4) is 17.2 Å². The summed E-state index contributed by atoms with van der Waals surface area (Å²) in [7, 11) is 5.00. The van der Waals surface area contributed by atoms with E-state index in [-0.39, 0.29) is 11.9 Å². The SMILES string of the molecule is COc1cc2c(cc1OC)[C@H]1CCCC[C@H]1N=C2c1ccc(OC)c(N2CCCC2=O)c1. The van der Waals surface area contributed by atoms with Gasteiger partial charge in [0, 0.05) is 30.0 Å². The Morgan fingerprint density at radius 2 is 1.66 bits per heavy atom. The van der Waals surface area contributed by atoms with Crippen molar-refractivity contribution in [1.29, 1.82) is 0 Å². The fraction of sp³-hybridized carbons (Fsp3) is 0.462. The molecule has 2 atom stereocenters. The molecule has 6 nitrogen and oxygen atoms in total. The van der Waals surface area contributed by atoms with Gasteiger partial charge in [-0.05, 0) is 55.2 Å². The number of aliphatic imine (C=N–C) groups is 1. The van der Waals surface area contributed by atoms with Crippen molar-refractivity contribution >= 4 is 17.3 Å². The van der Waals surface area contributed by atoms with Crippen LogP contribution in [0.25, 0.3) is 0 Å². The Morgan fingerprint density at radius 1 is 0.906 bits per heavy atom. The molecule has 0 bridgehead atoms. The van der Waals surface area contributed by atoms with E-state index in [0.717, 1.165) is 54.1 Å². The van der Waals surface area contributed by atoms with Crippen LogP contribution in [0.3, 0.4) is 0 Å². The van der Waals surface area contributed by atoms with Gasteiger partial charge in [-0.25, -0.2) is 0 Å². The summed E-state index contributed by atoms with van der Waals surface area (Å²) in [4.78, 5) is 19.6. The maximum Gasteiger partial charge on any atom is 0.227 e. The minimum absolute atomic E-state index is 0.144. The molecule has 2 aliphatic heterocycles. The predicted molar refractivity (Wildman–Crippen MR) is 125 cm³/mol. The summed E-state index contributed by atoms with van der Waals surface area (Å²) in [5.74, 6) is 2.72. The molecule has 6 heteroatoms. The molecule has 0 unspecified atom stereocenters. The van der Waals surface area contributed by atoms with Gasteiger partial charge >= 0.3 is 0 Å². The largest absolute Gasteiger partial charge is 0.495 e. The van der Waals surface area contributed by atoms with Gasteiger partial charge in [-0.15, -0.1) is 0 Å². The van der Waals surface area contributed by atoms with Gasteiger partial charge in [0.25, 0.3) is 0 Å². The molecule has 2 aromatic rings. The first-order valence-corrected chi connectivity index (χ1v) is 11.5. The van der Waals surface area contributed by atoms with E-state index in [4.69, 9.17) is 19.2 Å². The first-order valence-electron chi connectivity index (χ1n) is 11.5. The van der Waals surface area contributed by atoms with E-state index in [1.165, 1.54) is 18.4 Å². The Morgan fingerprint density at radius 3 is 2.38 bits per heavy atom. The minimum atomic E-state index is 0.144. The van der Waals surface area contributed by atoms with Crippen LogP contribution in [0.1, 0.15) is 61.1 Å². The Bertz CT molecular complexity index is 1080. The number of hydrogen-bond donors (Lipinski definition) is 0. The number of hydrogen-bond acceptors (Lipinski definition) is 5. The number of ether oxygens (including phenoxy) is 3. The van der Waals surface area contributed by atoms with E-state index in [1.54, 1.807) is 21.3 Å². The highest BCUT2D eigenvalue weighted by Gasteiger charge is 2.35. The number of fused-ring (bicyclic) bond motifs is 3. The number of amides is 1. The molecule has 2 heterocycles. The highest BCUT2D eigenvalue weighted by Crippen LogP contribution is 2.45. The normalized spacial score (nSPS) is 22.2. The van der Waals surface area contributed by atoms with E-state index in [0.29, 0.717) is 23.8 Å². The Hall–Kier alpha value is -3.02. The first kappa shape index (κ1) is 20.9. The van der Waals surface area contributed by atoms with Crippen LogP contribution >= 0.6 is 0 Å². The van der Waals surface area contributed by atoms with Crippen molar-refractivity contribution in [2.24, 2.45) is 4.99 Å². The molecule has 2 aromatic carbocycles. The molecule has 2 fully saturated rings. The molecular formula is C26H30N2O4. The van der Waals surface area contributed by atoms with E-state index >= 15 is 0 Å². The van der Waals surface area contributed by atoms with Crippen LogP contribution < -0.4 is 19.1 Å². The van der Waals surface area contributed by atoms with Crippen molar-refractivity contribution < 1.29 is 19.0 Å². The average molecular weight is 435 g/mol. The molecule has 1 saturated carbocycles. The highest BCUT2D eigenvalue weighted by molar-refractivity contribution is 6.16. The molecule has 1 amide bonds. The number of benzene rings is 2. The fourth-order valence-corrected chi connectivity index (χ4v) is 5.45. The third kappa shape index (κ3) is 3.42. The predicted octanol–water partition coefficient (Wildman–Crippen LogP) is 4.72. The van der Waals surface area contributed by atoms with Crippen molar-refractivity contribution in [3.63, 3.8) is 0 Å². The number of carbonyl (C=O) groups excluding carboxylic acids is 1. The smallest absolute Gasteiger partial charge is 0.227 e. The third-order valence-corrected chi connectivity index (χ3v) is 7.05. The van der Waals surface area contributed by atoms with Crippen LogP contribution in [0.4, 0.5) is 5.69 Å². The van der Waals surface area contributed by atoms with Crippen molar-refractivity contribution in [3.05, 3.63) is 47.0 Å². The standard InChI is InChI=1S/C26H30N2O4/c1-30-22-11-10-16(13-21(22)28-12-6-9-25(28)29)26-19-15-24(32-3)23(31-2)14-18(19)17-7-4-5-8-20(17)27-26/h10-11,13-15,17,20H,4-9,12H2,1-3H3/t17-,20-/m1/s1. The summed E-state index contributed by atoms with van der Waals surface area (Å²) >= 11 is 0. The lowest BCUT2D eigenvalue weighted by Crippen LogP contribution is -2.30. The summed E-state index contributed by atoms with van der Waals surface area (Å²) in [5.41, 5.74) is 5.15. The summed E-state index contributed by atoms with van der Waals surface area (Å²) in [5, 5.41) is 0. The Balaban J connectivity index is 1.66. The van der Waals surface area contributed by atoms with Crippen LogP contribution in [0.2, 0.25) is 0 Å². The third-order valence-electron chi connectivity index (χ3n) is 7.05. The van der Waals surface area contributed by atoms with Crippen LogP contribution in [-0.2, 0) is 4.79 Å². The molecule has 0 aromatic heterocycles. The maximum atomic E-state index is 12.5. The molecular weight excluding hydrogens is 404 g/mol. The van der Waals surface area contributed by atoms with E-state index < -0.39 is 0 Å². The van der Waals surface area contributed by atoms with Gasteiger partial charge in [0.2, 0.25) is 5.91 Å². The van der Waals surface area contributed by atoms with Crippen LogP contribution in [0.5, 0.6) is 17.2 Å². The second-order valence-electron chi connectivity index (χ2n) is 8.77. The van der Waals surface area contributed by atoms with Gasteiger partial charge in [-0.2, -0.15) is 0 Å². The van der Waals surface area contributed by atoms with Gasteiger partial charge in [0.1, 0.15) is 5.75 Å². The first-order chi connectivity index (χ1) is 15.6. The summed E-state index contributed by atoms with van der Waals surface area (Å²) in [6.45, 7) is 0.720. The molecule has 32 heavy (non-hydrogen) atoms. The zero-order valence-corrected chi connectivity index (χ0v) is 19.0. The van der Waals surface area contributed by atoms with Crippen molar-refractivity contribution in [1.82, 2.24) is 0 Å². The zero-order valence-electron chi connectivity index (χ0n) is 19.0. The number of anilines is 1. The number of rotatable bonds is 5. The van der Waals surface area contributed by atoms with E-state index in [9.17, 15) is 4.79 Å². The van der Waals surface area contributed by atoms with Crippen LogP contribution in [0, 0.1) is 0 Å². The van der Waals surface area contributed by atoms with Gasteiger partial charge in [-0.3, -0.25) is 9.79 Å². The monoisotopic (exact) mass is 434 g/mol. The second-order valence-corrected chi connectivity index (χ2v) is 8.77. The summed E-state index contributed by atoms with van der Waals surface area (Å²) < 4.78 is 16.9. The lowest BCUT2D eigenvalue weighted by molar-refractivity contribution is -0.117. The van der Waals surface area contributed by atoms with Crippen LogP contribution in [0.15, 0.2) is 35.3 Å². The van der Waals surface area contributed by atoms with Gasteiger partial charge < -0.3 is 19.1 Å². The molecule has 168 valence electrons. The number of nitrogens with zero attached hydrogens (tertiary/aromatic N) is 2. The van der Waals surface area contributed by atoms with E-state index in [2.05, 4.69) is 18.2 Å². The Labute approximate surface area is 189 Å². The summed E-state index contributed by atoms with van der Waals surface area (Å²) in [6.07, 6.45) is 6.12. The highest BCUT2D eigenvalue weighted by atomic mass is 16.5. The zero-order chi connectivity index (χ0) is 22.2. The summed E-state index contributed by atoms with van der Waals surface area (Å²) in [6, 6.07) is 10.5. The molecule has 5 rings (SSSR count). The molecule has 0 spiro atoms. The number of carbonyl (C=O) groups is 1. The molecule has 3 aliphatic rings. The Kier molecular flexibility index (Phi) is 5.53. The second kappa shape index (κ2) is 8.49. The fourth-order valence-electron chi connectivity index (χ4n) is 5.45. The average Bonchev–Trinajstić information content (AvgIpc) is 3.27. The topological polar surface area (TPSA) is 60.4 Å². The molecule has 0 radical (unpaired) electrons. The van der Waals surface area contributed by atoms with Crippen molar-refractivity contribution in [2.45, 2.75) is 50.5 Å². The quantitative estimate of drug-likeness (QED) is 0.683. The minimum Gasteiger partial charge on any atom is -0.495 e. The molecule has 1 saturated heterocycles. The maximum absolute atomic E-state index is 12.5. The lowest BCUT2D eigenvalue weighted by Gasteiger charge is -2.36. The number of methoxy groups -OCH3 is 3. The van der Waals surface area contributed by atoms with Gasteiger partial charge in [0.05, 0.1) is 38.8 Å². The van der Waals surface area contributed by atoms with Crippen LogP contribution in [-0.4, -0.2) is 45.5 Å². The van der Waals surface area contributed by atoms with Gasteiger partial charge in [-0.1, -0.05) is 12.8 Å². The van der Waals surface area contributed by atoms with Gasteiger partial charge in [0.15, 0.2) is 11.5 Å². The van der Waals surface area contributed by atoms with E-state index in [1.807, 2.05) is 17.0 Å². The lowest BCUT2D eigenvalue weighted by atomic mass is 9.75.